The van der Waals surface area contributed by atoms with Crippen LogP contribution in [0.3, 0.4) is 0 Å². The van der Waals surface area contributed by atoms with Crippen molar-refractivity contribution in [1.82, 2.24) is 20.2 Å². The Morgan fingerprint density at radius 2 is 1.69 bits per heavy atom. The van der Waals surface area contributed by atoms with Gasteiger partial charge in [0, 0.05) is 45.0 Å². The van der Waals surface area contributed by atoms with Crippen molar-refractivity contribution in [2.75, 3.05) is 57.8 Å². The van der Waals surface area contributed by atoms with Gasteiger partial charge < -0.3 is 9.80 Å². The molecule has 1 aromatic rings. The van der Waals surface area contributed by atoms with Gasteiger partial charge in [0.15, 0.2) is 0 Å². The van der Waals surface area contributed by atoms with Gasteiger partial charge in [0.2, 0.25) is 0 Å². The van der Waals surface area contributed by atoms with Gasteiger partial charge in [0.05, 0.1) is 0 Å². The molecule has 0 radical (unpaired) electrons. The van der Waals surface area contributed by atoms with E-state index in [0.717, 1.165) is 31.9 Å². The zero-order valence-electron chi connectivity index (χ0n) is 15.9. The van der Waals surface area contributed by atoms with Crippen LogP contribution in [0.25, 0.3) is 0 Å². The number of nitrogens with one attached hydrogen (secondary N) is 1. The second-order valence-corrected chi connectivity index (χ2v) is 7.43. The molecule has 2 heterocycles. The largest absolute Gasteiger partial charge is 0.325 e. The van der Waals surface area contributed by atoms with Crippen molar-refractivity contribution in [3.8, 4) is 0 Å². The summed E-state index contributed by atoms with van der Waals surface area (Å²) in [5.41, 5.74) is 5.06. The van der Waals surface area contributed by atoms with Gasteiger partial charge in [0.1, 0.15) is 6.54 Å². The molecule has 0 atom stereocenters. The van der Waals surface area contributed by atoms with E-state index in [1.54, 1.807) is 9.80 Å². The number of hydrogen-bond acceptors (Lipinski definition) is 4. The van der Waals surface area contributed by atoms with E-state index in [4.69, 9.17) is 0 Å². The Morgan fingerprint density at radius 3 is 2.31 bits per heavy atom. The number of hydrogen-bond donors (Lipinski definition) is 1. The van der Waals surface area contributed by atoms with E-state index in [1.165, 1.54) is 5.56 Å². The summed E-state index contributed by atoms with van der Waals surface area (Å²) in [6, 6.07) is 8.00. The highest BCUT2D eigenvalue weighted by Gasteiger charge is 2.31. The molecule has 1 aromatic carbocycles. The van der Waals surface area contributed by atoms with E-state index < -0.39 is 0 Å². The summed E-state index contributed by atoms with van der Waals surface area (Å²) in [7, 11) is 2.07. The van der Waals surface area contributed by atoms with E-state index in [-0.39, 0.29) is 18.5 Å². The first-order valence-corrected chi connectivity index (χ1v) is 9.33. The lowest BCUT2D eigenvalue weighted by molar-refractivity contribution is -0.127. The van der Waals surface area contributed by atoms with Crippen LogP contribution >= 0.6 is 0 Å². The van der Waals surface area contributed by atoms with Crippen LogP contribution in [-0.4, -0.2) is 79.6 Å². The predicted molar refractivity (Wildman–Crippen MR) is 102 cm³/mol. The number of rotatable bonds is 5. The van der Waals surface area contributed by atoms with Gasteiger partial charge in [-0.15, -0.1) is 0 Å². The average Bonchev–Trinajstić information content (AvgIpc) is 2.97. The lowest BCUT2D eigenvalue weighted by Gasteiger charge is -2.32. The molecule has 0 aromatic heterocycles. The van der Waals surface area contributed by atoms with Gasteiger partial charge in [-0.2, -0.15) is 0 Å². The maximum atomic E-state index is 12.6. The maximum Gasteiger partial charge on any atom is 0.325 e. The van der Waals surface area contributed by atoms with Crippen LogP contribution in [0.1, 0.15) is 25.3 Å². The minimum absolute atomic E-state index is 0.101. The van der Waals surface area contributed by atoms with Crippen molar-refractivity contribution in [2.24, 2.45) is 0 Å². The SMILES string of the molecule is CC(C)c1ccc(N2CCN(CC(=O)NN3CCN(C)CC3)C2=O)cc1. The number of carbonyl (C=O) groups is 2. The summed E-state index contributed by atoms with van der Waals surface area (Å²) < 4.78 is 0. The van der Waals surface area contributed by atoms with Crippen LogP contribution in [0.15, 0.2) is 24.3 Å². The lowest BCUT2D eigenvalue weighted by atomic mass is 10.0. The Hall–Kier alpha value is -2.12. The van der Waals surface area contributed by atoms with Crippen LogP contribution < -0.4 is 10.3 Å². The maximum absolute atomic E-state index is 12.6. The number of hydrazine groups is 1. The number of piperazine rings is 1. The second-order valence-electron chi connectivity index (χ2n) is 7.43. The lowest BCUT2D eigenvalue weighted by Crippen LogP contribution is -2.54. The molecule has 3 rings (SSSR count). The topological polar surface area (TPSA) is 59.1 Å². The molecular weight excluding hydrogens is 330 g/mol. The molecule has 7 heteroatoms. The number of carbonyl (C=O) groups excluding carboxylic acids is 2. The minimum atomic E-state index is -0.125. The molecule has 0 saturated carbocycles. The van der Waals surface area contributed by atoms with E-state index >= 15 is 0 Å². The number of nitrogens with zero attached hydrogens (tertiary/aromatic N) is 4. The summed E-state index contributed by atoms with van der Waals surface area (Å²) in [6.45, 7) is 9.07. The third-order valence-corrected chi connectivity index (χ3v) is 5.09. The first kappa shape index (κ1) is 18.7. The standard InChI is InChI=1S/C19H29N5O2/c1-15(2)16-4-6-17(7-5-16)24-13-10-22(19(24)26)14-18(25)20-23-11-8-21(3)9-12-23/h4-7,15H,8-14H2,1-3H3,(H,20,25). The monoisotopic (exact) mass is 359 g/mol. The number of urea groups is 1. The third-order valence-electron chi connectivity index (χ3n) is 5.09. The molecule has 2 fully saturated rings. The zero-order chi connectivity index (χ0) is 18.7. The van der Waals surface area contributed by atoms with Crippen molar-refractivity contribution in [3.05, 3.63) is 29.8 Å². The number of anilines is 1. The quantitative estimate of drug-likeness (QED) is 0.862. The second kappa shape index (κ2) is 8.05. The average molecular weight is 359 g/mol. The van der Waals surface area contributed by atoms with Crippen molar-refractivity contribution in [2.45, 2.75) is 19.8 Å². The summed E-state index contributed by atoms with van der Waals surface area (Å²) in [6.07, 6.45) is 0. The van der Waals surface area contributed by atoms with Crippen molar-refractivity contribution in [3.63, 3.8) is 0 Å². The van der Waals surface area contributed by atoms with Crippen molar-refractivity contribution in [1.29, 1.82) is 0 Å². The Labute approximate surface area is 155 Å². The zero-order valence-corrected chi connectivity index (χ0v) is 15.9. The molecule has 2 aliphatic rings. The van der Waals surface area contributed by atoms with E-state index in [1.807, 2.05) is 17.1 Å². The van der Waals surface area contributed by atoms with Gasteiger partial charge in [0.25, 0.3) is 5.91 Å². The van der Waals surface area contributed by atoms with E-state index in [2.05, 4.69) is 43.4 Å². The normalized spacial score (nSPS) is 19.5. The highest BCUT2D eigenvalue weighted by atomic mass is 16.2. The molecule has 142 valence electrons. The fourth-order valence-corrected chi connectivity index (χ4v) is 3.31. The Bertz CT molecular complexity index is 638. The summed E-state index contributed by atoms with van der Waals surface area (Å²) in [5, 5.41) is 1.94. The van der Waals surface area contributed by atoms with Crippen LogP contribution in [-0.2, 0) is 4.79 Å². The van der Waals surface area contributed by atoms with E-state index in [9.17, 15) is 9.59 Å². The van der Waals surface area contributed by atoms with Crippen molar-refractivity contribution >= 4 is 17.6 Å². The van der Waals surface area contributed by atoms with Gasteiger partial charge in [-0.3, -0.25) is 15.1 Å². The molecule has 26 heavy (non-hydrogen) atoms. The smallest absolute Gasteiger partial charge is 0.313 e. The molecule has 0 unspecified atom stereocenters. The van der Waals surface area contributed by atoms with E-state index in [0.29, 0.717) is 19.0 Å². The van der Waals surface area contributed by atoms with Gasteiger partial charge in [-0.05, 0) is 30.7 Å². The first-order chi connectivity index (χ1) is 12.4. The Kier molecular flexibility index (Phi) is 5.78. The highest BCUT2D eigenvalue weighted by molar-refractivity contribution is 5.96. The highest BCUT2D eigenvalue weighted by Crippen LogP contribution is 2.23. The molecule has 1 N–H and O–H groups in total. The molecule has 0 aliphatic carbocycles. The molecule has 7 nitrogen and oxygen atoms in total. The Balaban J connectivity index is 1.52. The van der Waals surface area contributed by atoms with Crippen molar-refractivity contribution < 1.29 is 9.59 Å². The third kappa shape index (κ3) is 4.34. The fourth-order valence-electron chi connectivity index (χ4n) is 3.31. The number of likely N-dealkylation sites (N-methyl/N-ethyl adjacent to an activating group) is 1. The summed E-state index contributed by atoms with van der Waals surface area (Å²) in [5.74, 6) is 0.341. The van der Waals surface area contributed by atoms with Gasteiger partial charge >= 0.3 is 6.03 Å². The molecule has 0 spiro atoms. The number of benzene rings is 1. The fraction of sp³-hybridized carbons (Fsp3) is 0.579. The Morgan fingerprint density at radius 1 is 1.04 bits per heavy atom. The van der Waals surface area contributed by atoms with Crippen LogP contribution in [0.4, 0.5) is 10.5 Å². The molecular formula is C19H29N5O2. The summed E-state index contributed by atoms with van der Waals surface area (Å²) in [4.78, 5) is 30.5. The molecule has 2 aliphatic heterocycles. The van der Waals surface area contributed by atoms with Gasteiger partial charge in [-0.25, -0.2) is 9.80 Å². The first-order valence-electron chi connectivity index (χ1n) is 9.33. The summed E-state index contributed by atoms with van der Waals surface area (Å²) >= 11 is 0. The van der Waals surface area contributed by atoms with Crippen LogP contribution in [0.2, 0.25) is 0 Å². The number of amides is 3. The molecule has 2 saturated heterocycles. The minimum Gasteiger partial charge on any atom is -0.313 e. The predicted octanol–water partition coefficient (Wildman–Crippen LogP) is 1.33. The molecule has 0 bridgehead atoms. The van der Waals surface area contributed by atoms with Crippen LogP contribution in [0.5, 0.6) is 0 Å². The molecule has 3 amide bonds. The van der Waals surface area contributed by atoms with Crippen LogP contribution in [0, 0.1) is 0 Å². The van der Waals surface area contributed by atoms with Gasteiger partial charge in [-0.1, -0.05) is 26.0 Å².